The van der Waals surface area contributed by atoms with Crippen molar-refractivity contribution in [2.45, 2.75) is 33.2 Å². The highest BCUT2D eigenvalue weighted by molar-refractivity contribution is 5.91. The number of carbonyl (C=O) groups excluding carboxylic acids is 1. The van der Waals surface area contributed by atoms with Crippen molar-refractivity contribution >= 4 is 5.91 Å². The number of amides is 1. The van der Waals surface area contributed by atoms with E-state index in [0.29, 0.717) is 30.6 Å². The molecule has 3 heterocycles. The van der Waals surface area contributed by atoms with Crippen LogP contribution in [-0.4, -0.2) is 52.0 Å². The fraction of sp³-hybridized carbons (Fsp3) is 0.409. The first-order valence-corrected chi connectivity index (χ1v) is 10.1. The fourth-order valence-corrected chi connectivity index (χ4v) is 3.53. The van der Waals surface area contributed by atoms with E-state index in [1.165, 1.54) is 5.56 Å². The van der Waals surface area contributed by atoms with Crippen molar-refractivity contribution in [3.8, 4) is 11.4 Å². The zero-order chi connectivity index (χ0) is 20.4. The van der Waals surface area contributed by atoms with E-state index in [2.05, 4.69) is 22.0 Å². The molecule has 1 atom stereocenters. The summed E-state index contributed by atoms with van der Waals surface area (Å²) in [5.74, 6) is 2.41. The topological polar surface area (TPSA) is 75.6 Å². The Morgan fingerprint density at radius 2 is 1.83 bits per heavy atom. The minimum Gasteiger partial charge on any atom is -0.456 e. The Balaban J connectivity index is 1.37. The number of aryl methyl sites for hydroxylation is 2. The summed E-state index contributed by atoms with van der Waals surface area (Å²) in [7, 11) is 0. The number of carbonyl (C=O) groups is 1. The minimum atomic E-state index is -0.0450. The number of rotatable bonds is 5. The fourth-order valence-electron chi connectivity index (χ4n) is 3.53. The van der Waals surface area contributed by atoms with Crippen molar-refractivity contribution in [2.75, 3.05) is 26.2 Å². The SMILES string of the molecule is CCc1ccc(C(=O)N2CCN(C(C)c3nc(-c4ccc(C)cc4)no3)CC2)o1. The third-order valence-corrected chi connectivity index (χ3v) is 5.48. The molecular weight excluding hydrogens is 368 g/mol. The molecule has 1 aromatic carbocycles. The Morgan fingerprint density at radius 3 is 2.48 bits per heavy atom. The second kappa shape index (κ2) is 8.21. The Morgan fingerprint density at radius 1 is 1.10 bits per heavy atom. The molecule has 152 valence electrons. The number of hydrogen-bond donors (Lipinski definition) is 0. The molecule has 0 spiro atoms. The monoisotopic (exact) mass is 394 g/mol. The molecule has 1 amide bonds. The molecule has 4 rings (SSSR count). The van der Waals surface area contributed by atoms with Gasteiger partial charge in [-0.15, -0.1) is 0 Å². The van der Waals surface area contributed by atoms with Gasteiger partial charge in [-0.1, -0.05) is 41.9 Å². The number of nitrogens with zero attached hydrogens (tertiary/aromatic N) is 4. The van der Waals surface area contributed by atoms with E-state index in [1.807, 2.05) is 49.1 Å². The first-order chi connectivity index (χ1) is 14.0. The van der Waals surface area contributed by atoms with Crippen molar-refractivity contribution < 1.29 is 13.7 Å². The molecule has 1 aliphatic rings. The molecule has 0 N–H and O–H groups in total. The van der Waals surface area contributed by atoms with Gasteiger partial charge in [0.15, 0.2) is 5.76 Å². The van der Waals surface area contributed by atoms with E-state index in [9.17, 15) is 4.79 Å². The van der Waals surface area contributed by atoms with Crippen LogP contribution in [0.4, 0.5) is 0 Å². The van der Waals surface area contributed by atoms with E-state index in [1.54, 1.807) is 6.07 Å². The molecule has 1 unspecified atom stereocenters. The van der Waals surface area contributed by atoms with Gasteiger partial charge < -0.3 is 13.8 Å². The Hall–Kier alpha value is -2.93. The highest BCUT2D eigenvalue weighted by Crippen LogP contribution is 2.24. The lowest BCUT2D eigenvalue weighted by Crippen LogP contribution is -2.49. The lowest BCUT2D eigenvalue weighted by molar-refractivity contribution is 0.0523. The van der Waals surface area contributed by atoms with Gasteiger partial charge in [0, 0.05) is 38.2 Å². The third kappa shape index (κ3) is 4.10. The van der Waals surface area contributed by atoms with Crippen molar-refractivity contribution in [1.29, 1.82) is 0 Å². The predicted molar refractivity (Wildman–Crippen MR) is 108 cm³/mol. The van der Waals surface area contributed by atoms with Crippen LogP contribution in [0.1, 0.15) is 47.7 Å². The zero-order valence-electron chi connectivity index (χ0n) is 17.1. The number of piperazine rings is 1. The van der Waals surface area contributed by atoms with Crippen molar-refractivity contribution in [2.24, 2.45) is 0 Å². The molecule has 3 aromatic rings. The average molecular weight is 394 g/mol. The van der Waals surface area contributed by atoms with E-state index >= 15 is 0 Å². The van der Waals surface area contributed by atoms with Crippen LogP contribution >= 0.6 is 0 Å². The lowest BCUT2D eigenvalue weighted by Gasteiger charge is -2.36. The van der Waals surface area contributed by atoms with Crippen LogP contribution in [0.5, 0.6) is 0 Å². The van der Waals surface area contributed by atoms with Gasteiger partial charge in [-0.2, -0.15) is 4.98 Å². The maximum atomic E-state index is 12.6. The minimum absolute atomic E-state index is 0.00532. The van der Waals surface area contributed by atoms with Crippen LogP contribution in [0.25, 0.3) is 11.4 Å². The number of furan rings is 1. The van der Waals surface area contributed by atoms with Gasteiger partial charge >= 0.3 is 0 Å². The van der Waals surface area contributed by atoms with Gasteiger partial charge in [-0.3, -0.25) is 9.69 Å². The maximum absolute atomic E-state index is 12.6. The van der Waals surface area contributed by atoms with Crippen molar-refractivity contribution in [3.05, 3.63) is 59.4 Å². The largest absolute Gasteiger partial charge is 0.456 e. The highest BCUT2D eigenvalue weighted by atomic mass is 16.5. The summed E-state index contributed by atoms with van der Waals surface area (Å²) in [5, 5.41) is 4.14. The molecule has 0 bridgehead atoms. The summed E-state index contributed by atoms with van der Waals surface area (Å²) in [6, 6.07) is 11.7. The summed E-state index contributed by atoms with van der Waals surface area (Å²) in [5.41, 5.74) is 2.14. The number of hydrogen-bond acceptors (Lipinski definition) is 6. The molecule has 0 saturated carbocycles. The van der Waals surface area contributed by atoms with Crippen LogP contribution in [-0.2, 0) is 6.42 Å². The smallest absolute Gasteiger partial charge is 0.289 e. The van der Waals surface area contributed by atoms with E-state index in [0.717, 1.165) is 30.8 Å². The van der Waals surface area contributed by atoms with Gasteiger partial charge in [0.25, 0.3) is 5.91 Å². The lowest BCUT2D eigenvalue weighted by atomic mass is 10.1. The van der Waals surface area contributed by atoms with Gasteiger partial charge in [0.05, 0.1) is 6.04 Å². The molecule has 29 heavy (non-hydrogen) atoms. The molecule has 1 fully saturated rings. The maximum Gasteiger partial charge on any atom is 0.289 e. The van der Waals surface area contributed by atoms with E-state index in [-0.39, 0.29) is 11.9 Å². The van der Waals surface area contributed by atoms with Gasteiger partial charge in [-0.05, 0) is 26.0 Å². The van der Waals surface area contributed by atoms with Crippen molar-refractivity contribution in [1.82, 2.24) is 19.9 Å². The molecule has 2 aromatic heterocycles. The predicted octanol–water partition coefficient (Wildman–Crippen LogP) is 3.72. The van der Waals surface area contributed by atoms with Gasteiger partial charge in [0.1, 0.15) is 5.76 Å². The molecule has 7 heteroatoms. The Kier molecular flexibility index (Phi) is 5.49. The van der Waals surface area contributed by atoms with Crippen LogP contribution in [0.3, 0.4) is 0 Å². The summed E-state index contributed by atoms with van der Waals surface area (Å²) < 4.78 is 11.1. The normalized spacial score (nSPS) is 16.2. The summed E-state index contributed by atoms with van der Waals surface area (Å²) in [6.07, 6.45) is 0.785. The molecular formula is C22H26N4O3. The molecule has 0 radical (unpaired) electrons. The summed E-state index contributed by atoms with van der Waals surface area (Å²) >= 11 is 0. The van der Waals surface area contributed by atoms with Crippen molar-refractivity contribution in [3.63, 3.8) is 0 Å². The van der Waals surface area contributed by atoms with E-state index < -0.39 is 0 Å². The Labute approximate surface area is 170 Å². The second-order valence-electron chi connectivity index (χ2n) is 7.45. The van der Waals surface area contributed by atoms with Gasteiger partial charge in [0.2, 0.25) is 11.7 Å². The summed E-state index contributed by atoms with van der Waals surface area (Å²) in [4.78, 5) is 21.3. The third-order valence-electron chi connectivity index (χ3n) is 5.48. The highest BCUT2D eigenvalue weighted by Gasteiger charge is 2.29. The van der Waals surface area contributed by atoms with Crippen LogP contribution < -0.4 is 0 Å². The van der Waals surface area contributed by atoms with E-state index in [4.69, 9.17) is 8.94 Å². The second-order valence-corrected chi connectivity index (χ2v) is 7.45. The molecule has 1 aliphatic heterocycles. The van der Waals surface area contributed by atoms with Crippen LogP contribution in [0, 0.1) is 6.92 Å². The molecule has 7 nitrogen and oxygen atoms in total. The zero-order valence-corrected chi connectivity index (χ0v) is 17.1. The number of aromatic nitrogens is 2. The first-order valence-electron chi connectivity index (χ1n) is 10.1. The number of benzene rings is 1. The molecule has 1 saturated heterocycles. The van der Waals surface area contributed by atoms with Crippen LogP contribution in [0.15, 0.2) is 45.3 Å². The van der Waals surface area contributed by atoms with Crippen LogP contribution in [0.2, 0.25) is 0 Å². The summed E-state index contributed by atoms with van der Waals surface area (Å²) in [6.45, 7) is 8.90. The standard InChI is InChI=1S/C22H26N4O3/c1-4-18-9-10-19(28-18)22(27)26-13-11-25(12-14-26)16(3)21-23-20(24-29-21)17-7-5-15(2)6-8-17/h5-10,16H,4,11-14H2,1-3H3. The Bertz CT molecular complexity index is 968. The molecule has 0 aliphatic carbocycles. The van der Waals surface area contributed by atoms with Gasteiger partial charge in [-0.25, -0.2) is 0 Å². The first kappa shape index (κ1) is 19.4. The quantitative estimate of drug-likeness (QED) is 0.656. The average Bonchev–Trinajstić information content (AvgIpc) is 3.43.